The fourth-order valence-electron chi connectivity index (χ4n) is 2.61. The Morgan fingerprint density at radius 1 is 1.04 bits per heavy atom. The molecule has 1 atom stereocenters. The molecule has 0 aliphatic rings. The Morgan fingerprint density at radius 2 is 1.61 bits per heavy atom. The molecule has 0 aliphatic carbocycles. The van der Waals surface area contributed by atoms with Crippen molar-refractivity contribution in [3.05, 3.63) is 35.9 Å². The van der Waals surface area contributed by atoms with Crippen molar-refractivity contribution in [1.29, 1.82) is 0 Å². The zero-order valence-electron chi connectivity index (χ0n) is 17.7. The molecule has 1 unspecified atom stereocenters. The van der Waals surface area contributed by atoms with Gasteiger partial charge in [0, 0.05) is 12.0 Å². The van der Waals surface area contributed by atoms with Gasteiger partial charge in [0.2, 0.25) is 5.91 Å². The summed E-state index contributed by atoms with van der Waals surface area (Å²) in [4.78, 5) is 37.0. The van der Waals surface area contributed by atoms with Gasteiger partial charge in [-0.25, -0.2) is 4.79 Å². The number of hydrogen-bond acceptors (Lipinski definition) is 4. The lowest BCUT2D eigenvalue weighted by molar-refractivity contribution is -0.153. The lowest BCUT2D eigenvalue weighted by Gasteiger charge is -2.33. The van der Waals surface area contributed by atoms with Gasteiger partial charge in [-0.1, -0.05) is 51.1 Å². The van der Waals surface area contributed by atoms with Gasteiger partial charge in [-0.2, -0.15) is 0 Å². The molecule has 1 aromatic rings. The molecule has 0 saturated carbocycles. The maximum Gasteiger partial charge on any atom is 0.349 e. The number of nitrogens with zero attached hydrogens (tertiary/aromatic N) is 1. The SMILES string of the molecule is CC(C)(C)NC(=O)C(NC(=O)N(O)C(=O)CCCc1ccccc1)C(C)(C)C. The first-order valence-corrected chi connectivity index (χ1v) is 9.49. The summed E-state index contributed by atoms with van der Waals surface area (Å²) in [5.74, 6) is -1.09. The van der Waals surface area contributed by atoms with Gasteiger partial charge < -0.3 is 10.6 Å². The van der Waals surface area contributed by atoms with Crippen LogP contribution in [0.5, 0.6) is 0 Å². The maximum atomic E-state index is 12.6. The lowest BCUT2D eigenvalue weighted by Crippen LogP contribution is -2.59. The van der Waals surface area contributed by atoms with Gasteiger partial charge in [0.25, 0.3) is 5.91 Å². The summed E-state index contributed by atoms with van der Waals surface area (Å²) >= 11 is 0. The molecular weight excluding hydrogens is 358 g/mol. The number of imide groups is 1. The summed E-state index contributed by atoms with van der Waals surface area (Å²) in [5, 5.41) is 15.3. The molecule has 7 heteroatoms. The van der Waals surface area contributed by atoms with E-state index in [1.54, 1.807) is 20.8 Å². The maximum absolute atomic E-state index is 12.6. The van der Waals surface area contributed by atoms with Gasteiger partial charge in [0.05, 0.1) is 0 Å². The van der Waals surface area contributed by atoms with Crippen molar-refractivity contribution in [3.8, 4) is 0 Å². The second-order valence-corrected chi connectivity index (χ2v) is 9.03. The van der Waals surface area contributed by atoms with Gasteiger partial charge in [-0.15, -0.1) is 5.06 Å². The van der Waals surface area contributed by atoms with E-state index in [1.807, 2.05) is 51.1 Å². The number of carbonyl (C=O) groups excluding carboxylic acids is 3. The third-order valence-electron chi connectivity index (χ3n) is 4.02. The van der Waals surface area contributed by atoms with Crippen molar-refractivity contribution in [1.82, 2.24) is 15.7 Å². The number of carbonyl (C=O) groups is 3. The monoisotopic (exact) mass is 391 g/mol. The number of aryl methyl sites for hydroxylation is 1. The summed E-state index contributed by atoms with van der Waals surface area (Å²) in [6.07, 6.45) is 1.19. The van der Waals surface area contributed by atoms with Crippen molar-refractivity contribution >= 4 is 17.8 Å². The van der Waals surface area contributed by atoms with E-state index in [0.29, 0.717) is 12.8 Å². The minimum absolute atomic E-state index is 0.0210. The lowest BCUT2D eigenvalue weighted by atomic mass is 9.85. The van der Waals surface area contributed by atoms with Gasteiger partial charge in [0.15, 0.2) is 0 Å². The summed E-state index contributed by atoms with van der Waals surface area (Å²) in [6, 6.07) is 7.73. The minimum atomic E-state index is -1.01. The zero-order valence-corrected chi connectivity index (χ0v) is 17.7. The molecule has 3 N–H and O–H groups in total. The number of amides is 4. The third-order valence-corrected chi connectivity index (χ3v) is 4.02. The molecule has 0 fully saturated rings. The fraction of sp³-hybridized carbons (Fsp3) is 0.571. The Kier molecular flexibility index (Phi) is 8.17. The first-order chi connectivity index (χ1) is 12.8. The van der Waals surface area contributed by atoms with Crippen molar-refractivity contribution in [2.75, 3.05) is 0 Å². The summed E-state index contributed by atoms with van der Waals surface area (Å²) in [6.45, 7) is 10.9. The van der Waals surface area contributed by atoms with Crippen molar-refractivity contribution in [2.45, 2.75) is 72.4 Å². The first kappa shape index (κ1) is 23.6. The Morgan fingerprint density at radius 3 is 2.11 bits per heavy atom. The van der Waals surface area contributed by atoms with E-state index >= 15 is 0 Å². The highest BCUT2D eigenvalue weighted by atomic mass is 16.5. The standard InChI is InChI=1S/C21H33N3O4/c1-20(2,3)17(18(26)23-21(4,5)6)22-19(27)24(28)16(25)14-10-13-15-11-8-7-9-12-15/h7-9,11-12,17,28H,10,13-14H2,1-6H3,(H,22,27)(H,23,26). The van der Waals surface area contributed by atoms with Crippen LogP contribution in [0.15, 0.2) is 30.3 Å². The van der Waals surface area contributed by atoms with E-state index in [9.17, 15) is 19.6 Å². The third kappa shape index (κ3) is 8.08. The highest BCUT2D eigenvalue weighted by molar-refractivity contribution is 5.95. The molecule has 0 saturated heterocycles. The Bertz CT molecular complexity index is 675. The number of urea groups is 1. The van der Waals surface area contributed by atoms with E-state index in [0.717, 1.165) is 5.56 Å². The minimum Gasteiger partial charge on any atom is -0.350 e. The van der Waals surface area contributed by atoms with Crippen LogP contribution in [-0.2, 0) is 16.0 Å². The van der Waals surface area contributed by atoms with E-state index in [4.69, 9.17) is 0 Å². The molecule has 7 nitrogen and oxygen atoms in total. The molecule has 4 amide bonds. The van der Waals surface area contributed by atoms with Gasteiger partial charge in [0.1, 0.15) is 6.04 Å². The molecule has 0 heterocycles. The van der Waals surface area contributed by atoms with Crippen LogP contribution in [0.3, 0.4) is 0 Å². The van der Waals surface area contributed by atoms with Crippen LogP contribution in [0.25, 0.3) is 0 Å². The molecule has 28 heavy (non-hydrogen) atoms. The molecule has 156 valence electrons. The topological polar surface area (TPSA) is 98.7 Å². The summed E-state index contributed by atoms with van der Waals surface area (Å²) in [5.41, 5.74) is -0.00414. The van der Waals surface area contributed by atoms with E-state index in [2.05, 4.69) is 10.6 Å². The van der Waals surface area contributed by atoms with Crippen LogP contribution in [-0.4, -0.2) is 39.7 Å². The molecule has 0 aliphatic heterocycles. The van der Waals surface area contributed by atoms with Crippen LogP contribution in [0, 0.1) is 5.41 Å². The molecule has 0 spiro atoms. The number of hydrogen-bond donors (Lipinski definition) is 3. The number of rotatable bonds is 6. The molecule has 1 rings (SSSR count). The molecular formula is C21H33N3O4. The normalized spacial score (nSPS) is 12.8. The molecule has 0 radical (unpaired) electrons. The number of benzene rings is 1. The zero-order chi connectivity index (χ0) is 21.5. The van der Waals surface area contributed by atoms with Crippen molar-refractivity contribution in [3.63, 3.8) is 0 Å². The van der Waals surface area contributed by atoms with Crippen LogP contribution in [0.4, 0.5) is 4.79 Å². The van der Waals surface area contributed by atoms with E-state index in [1.165, 1.54) is 0 Å². The highest BCUT2D eigenvalue weighted by Gasteiger charge is 2.36. The van der Waals surface area contributed by atoms with Crippen molar-refractivity contribution in [2.24, 2.45) is 5.41 Å². The average Bonchev–Trinajstić information content (AvgIpc) is 2.56. The average molecular weight is 392 g/mol. The van der Waals surface area contributed by atoms with Gasteiger partial charge in [-0.05, 0) is 44.6 Å². The Labute approximate surface area is 167 Å². The first-order valence-electron chi connectivity index (χ1n) is 9.49. The smallest absolute Gasteiger partial charge is 0.349 e. The van der Waals surface area contributed by atoms with Crippen LogP contribution in [0.1, 0.15) is 59.9 Å². The largest absolute Gasteiger partial charge is 0.350 e. The van der Waals surface area contributed by atoms with Crippen LogP contribution >= 0.6 is 0 Å². The van der Waals surface area contributed by atoms with Crippen LogP contribution < -0.4 is 10.6 Å². The second kappa shape index (κ2) is 9.68. The summed E-state index contributed by atoms with van der Waals surface area (Å²) < 4.78 is 0. The number of hydroxylamine groups is 2. The predicted octanol–water partition coefficient (Wildman–Crippen LogP) is 3.27. The Balaban J connectivity index is 2.65. The van der Waals surface area contributed by atoms with Crippen molar-refractivity contribution < 1.29 is 19.6 Å². The highest BCUT2D eigenvalue weighted by Crippen LogP contribution is 2.20. The molecule has 1 aromatic carbocycles. The van der Waals surface area contributed by atoms with Crippen LogP contribution in [0.2, 0.25) is 0 Å². The Hall–Kier alpha value is -2.41. The van der Waals surface area contributed by atoms with Gasteiger partial charge >= 0.3 is 6.03 Å². The predicted molar refractivity (Wildman–Crippen MR) is 108 cm³/mol. The van der Waals surface area contributed by atoms with E-state index < -0.39 is 28.9 Å². The molecule has 0 bridgehead atoms. The van der Waals surface area contributed by atoms with Gasteiger partial charge in [-0.3, -0.25) is 14.8 Å². The fourth-order valence-corrected chi connectivity index (χ4v) is 2.61. The second-order valence-electron chi connectivity index (χ2n) is 9.03. The summed E-state index contributed by atoms with van der Waals surface area (Å²) in [7, 11) is 0. The van der Waals surface area contributed by atoms with E-state index in [-0.39, 0.29) is 17.4 Å². The number of nitrogens with one attached hydrogen (secondary N) is 2. The molecule has 0 aromatic heterocycles. The quantitative estimate of drug-likeness (QED) is 0.512.